The highest BCUT2D eigenvalue weighted by Crippen LogP contribution is 2.26. The molecule has 1 N–H and O–H groups in total. The predicted octanol–water partition coefficient (Wildman–Crippen LogP) is 2.30. The molecule has 2 nitrogen and oxygen atoms in total. The molecule has 0 amide bonds. The standard InChI is InChI=1S/C11H13ClFNO/c12-10-2-1-9(5-11(10)13)14-4-3-8(6-14)7-15/h1-2,5,8,15H,3-4,6-7H2. The third kappa shape index (κ3) is 2.24. The van der Waals surface area contributed by atoms with E-state index >= 15 is 0 Å². The van der Waals surface area contributed by atoms with Crippen molar-refractivity contribution in [1.82, 2.24) is 0 Å². The van der Waals surface area contributed by atoms with Gasteiger partial charge in [-0.15, -0.1) is 0 Å². The van der Waals surface area contributed by atoms with Gasteiger partial charge < -0.3 is 10.0 Å². The van der Waals surface area contributed by atoms with Crippen molar-refractivity contribution in [3.05, 3.63) is 29.0 Å². The summed E-state index contributed by atoms with van der Waals surface area (Å²) in [5.74, 6) is -0.0784. The SMILES string of the molecule is OCC1CCN(c2ccc(Cl)c(F)c2)C1. The topological polar surface area (TPSA) is 23.5 Å². The van der Waals surface area contributed by atoms with Crippen molar-refractivity contribution in [2.75, 3.05) is 24.6 Å². The molecule has 1 aliphatic rings. The van der Waals surface area contributed by atoms with Crippen LogP contribution in [-0.4, -0.2) is 24.8 Å². The highest BCUT2D eigenvalue weighted by Gasteiger charge is 2.22. The lowest BCUT2D eigenvalue weighted by Crippen LogP contribution is -2.20. The van der Waals surface area contributed by atoms with E-state index in [0.29, 0.717) is 5.92 Å². The lowest BCUT2D eigenvalue weighted by molar-refractivity contribution is 0.238. The van der Waals surface area contributed by atoms with Crippen LogP contribution in [0.15, 0.2) is 18.2 Å². The maximum absolute atomic E-state index is 13.2. The Kier molecular flexibility index (Phi) is 3.12. The Bertz CT molecular complexity index is 358. The van der Waals surface area contributed by atoms with Crippen molar-refractivity contribution in [3.63, 3.8) is 0 Å². The van der Waals surface area contributed by atoms with Gasteiger partial charge in [-0.25, -0.2) is 4.39 Å². The molecule has 0 radical (unpaired) electrons. The van der Waals surface area contributed by atoms with Crippen LogP contribution >= 0.6 is 11.6 Å². The molecule has 0 saturated carbocycles. The van der Waals surface area contributed by atoms with Gasteiger partial charge in [-0.2, -0.15) is 0 Å². The quantitative estimate of drug-likeness (QED) is 0.841. The molecule has 2 rings (SSSR count). The fourth-order valence-electron chi connectivity index (χ4n) is 1.90. The van der Waals surface area contributed by atoms with Crippen molar-refractivity contribution in [2.45, 2.75) is 6.42 Å². The fraction of sp³-hybridized carbons (Fsp3) is 0.455. The maximum atomic E-state index is 13.2. The number of anilines is 1. The molecule has 0 aromatic heterocycles. The first kappa shape index (κ1) is 10.7. The summed E-state index contributed by atoms with van der Waals surface area (Å²) in [5.41, 5.74) is 0.841. The second-order valence-corrected chi connectivity index (χ2v) is 4.29. The molecule has 4 heteroatoms. The minimum absolute atomic E-state index is 0.150. The Morgan fingerprint density at radius 2 is 2.33 bits per heavy atom. The number of aliphatic hydroxyl groups excluding tert-OH is 1. The smallest absolute Gasteiger partial charge is 0.143 e. The summed E-state index contributed by atoms with van der Waals surface area (Å²) in [6.07, 6.45) is 0.959. The van der Waals surface area contributed by atoms with Crippen molar-refractivity contribution < 1.29 is 9.50 Å². The number of hydrogen-bond acceptors (Lipinski definition) is 2. The summed E-state index contributed by atoms with van der Waals surface area (Å²) >= 11 is 5.61. The molecule has 1 fully saturated rings. The molecular weight excluding hydrogens is 217 g/mol. The van der Waals surface area contributed by atoms with Crippen LogP contribution in [0.5, 0.6) is 0 Å². The molecule has 1 unspecified atom stereocenters. The van der Waals surface area contributed by atoms with Gasteiger partial charge in [-0.1, -0.05) is 11.6 Å². The van der Waals surface area contributed by atoms with Crippen LogP contribution in [0.4, 0.5) is 10.1 Å². The molecule has 1 aromatic carbocycles. The fourth-order valence-corrected chi connectivity index (χ4v) is 2.02. The average Bonchev–Trinajstić information content (AvgIpc) is 2.70. The van der Waals surface area contributed by atoms with E-state index in [4.69, 9.17) is 16.7 Å². The van der Waals surface area contributed by atoms with Gasteiger partial charge in [0.1, 0.15) is 5.82 Å². The van der Waals surface area contributed by atoms with Crippen LogP contribution in [-0.2, 0) is 0 Å². The highest BCUT2D eigenvalue weighted by atomic mass is 35.5. The van der Waals surface area contributed by atoms with Crippen LogP contribution in [0, 0.1) is 11.7 Å². The number of nitrogens with zero attached hydrogens (tertiary/aromatic N) is 1. The van der Waals surface area contributed by atoms with E-state index in [2.05, 4.69) is 4.90 Å². The molecular formula is C11H13ClFNO. The summed E-state index contributed by atoms with van der Waals surface area (Å²) in [6.45, 7) is 1.86. The Morgan fingerprint density at radius 3 is 2.93 bits per heavy atom. The van der Waals surface area contributed by atoms with E-state index in [1.54, 1.807) is 6.07 Å². The zero-order chi connectivity index (χ0) is 10.8. The highest BCUT2D eigenvalue weighted by molar-refractivity contribution is 6.30. The predicted molar refractivity (Wildman–Crippen MR) is 58.8 cm³/mol. The van der Waals surface area contributed by atoms with Gasteiger partial charge in [0.25, 0.3) is 0 Å². The molecule has 82 valence electrons. The van der Waals surface area contributed by atoms with Crippen molar-refractivity contribution in [3.8, 4) is 0 Å². The molecule has 1 aliphatic heterocycles. The number of rotatable bonds is 2. The summed E-state index contributed by atoms with van der Waals surface area (Å²) in [6, 6.07) is 4.83. The van der Waals surface area contributed by atoms with Gasteiger partial charge in [0.15, 0.2) is 0 Å². The maximum Gasteiger partial charge on any atom is 0.143 e. The normalized spacial score (nSPS) is 21.0. The van der Waals surface area contributed by atoms with E-state index in [1.807, 2.05) is 6.07 Å². The van der Waals surface area contributed by atoms with E-state index < -0.39 is 0 Å². The third-order valence-electron chi connectivity index (χ3n) is 2.81. The van der Waals surface area contributed by atoms with Crippen LogP contribution in [0.1, 0.15) is 6.42 Å². The lowest BCUT2D eigenvalue weighted by Gasteiger charge is -2.18. The van der Waals surface area contributed by atoms with E-state index in [1.165, 1.54) is 6.07 Å². The molecule has 15 heavy (non-hydrogen) atoms. The number of benzene rings is 1. The summed E-state index contributed by atoms with van der Waals surface area (Å²) in [4.78, 5) is 2.07. The van der Waals surface area contributed by atoms with Crippen LogP contribution in [0.25, 0.3) is 0 Å². The molecule has 1 saturated heterocycles. The average molecular weight is 230 g/mol. The number of halogens is 2. The monoisotopic (exact) mass is 229 g/mol. The number of aliphatic hydroxyl groups is 1. The van der Waals surface area contributed by atoms with Gasteiger partial charge in [0.2, 0.25) is 0 Å². The Balaban J connectivity index is 2.13. The van der Waals surface area contributed by atoms with Gasteiger partial charge in [-0.05, 0) is 24.6 Å². The van der Waals surface area contributed by atoms with E-state index in [9.17, 15) is 4.39 Å². The Hall–Kier alpha value is -0.800. The molecule has 0 aliphatic carbocycles. The molecule has 1 atom stereocenters. The zero-order valence-electron chi connectivity index (χ0n) is 8.29. The molecule has 1 heterocycles. The summed E-state index contributed by atoms with van der Waals surface area (Å²) < 4.78 is 13.2. The minimum Gasteiger partial charge on any atom is -0.396 e. The van der Waals surface area contributed by atoms with Gasteiger partial charge >= 0.3 is 0 Å². The first-order valence-electron chi connectivity index (χ1n) is 5.01. The first-order chi connectivity index (χ1) is 7.20. The zero-order valence-corrected chi connectivity index (χ0v) is 9.04. The lowest BCUT2D eigenvalue weighted by atomic mass is 10.1. The van der Waals surface area contributed by atoms with Crippen molar-refractivity contribution in [2.24, 2.45) is 5.92 Å². The van der Waals surface area contributed by atoms with Crippen molar-refractivity contribution >= 4 is 17.3 Å². The van der Waals surface area contributed by atoms with E-state index in [-0.39, 0.29) is 17.4 Å². The van der Waals surface area contributed by atoms with E-state index in [0.717, 1.165) is 25.2 Å². The van der Waals surface area contributed by atoms with Gasteiger partial charge in [-0.3, -0.25) is 0 Å². The minimum atomic E-state index is -0.387. The first-order valence-corrected chi connectivity index (χ1v) is 5.39. The van der Waals surface area contributed by atoms with Gasteiger partial charge in [0.05, 0.1) is 5.02 Å². The number of hydrogen-bond donors (Lipinski definition) is 1. The van der Waals surface area contributed by atoms with Crippen LogP contribution < -0.4 is 4.90 Å². The van der Waals surface area contributed by atoms with Crippen LogP contribution in [0.2, 0.25) is 5.02 Å². The summed E-state index contributed by atoms with van der Waals surface area (Å²) in [5, 5.41) is 9.16. The van der Waals surface area contributed by atoms with Crippen LogP contribution in [0.3, 0.4) is 0 Å². The second-order valence-electron chi connectivity index (χ2n) is 3.88. The largest absolute Gasteiger partial charge is 0.396 e. The van der Waals surface area contributed by atoms with Crippen molar-refractivity contribution in [1.29, 1.82) is 0 Å². The summed E-state index contributed by atoms with van der Waals surface area (Å²) in [7, 11) is 0. The van der Waals surface area contributed by atoms with Gasteiger partial charge in [0, 0.05) is 31.3 Å². The molecule has 0 spiro atoms. The Labute approximate surface area is 93.3 Å². The third-order valence-corrected chi connectivity index (χ3v) is 3.12. The Morgan fingerprint density at radius 1 is 1.53 bits per heavy atom. The molecule has 0 bridgehead atoms. The molecule has 1 aromatic rings. The second kappa shape index (κ2) is 4.37.